The Labute approximate surface area is 108 Å². The molecule has 1 N–H and O–H groups in total. The lowest BCUT2D eigenvalue weighted by atomic mass is 10.1. The van der Waals surface area contributed by atoms with Crippen LogP contribution in [0.5, 0.6) is 0 Å². The van der Waals surface area contributed by atoms with E-state index in [1.54, 1.807) is 0 Å². The Hall–Kier alpha value is -1.35. The summed E-state index contributed by atoms with van der Waals surface area (Å²) in [5.74, 6) is -0.357. The number of hydrogen-bond donors (Lipinski definition) is 1. The second kappa shape index (κ2) is 5.53. The molecule has 1 saturated carbocycles. The van der Waals surface area contributed by atoms with Crippen molar-refractivity contribution in [2.45, 2.75) is 19.8 Å². The molecule has 1 aliphatic rings. The van der Waals surface area contributed by atoms with Crippen molar-refractivity contribution in [1.29, 1.82) is 0 Å². The standard InChI is InChI=1S/C15H21NO2/c1-11-3-5-12(6-4-11)7-8-16(2)10-13-9-14(13)15(17)18/h3-6,13-14H,7-10H2,1-2H3,(H,17,18). The molecule has 0 aliphatic heterocycles. The fourth-order valence-corrected chi connectivity index (χ4v) is 2.32. The summed E-state index contributed by atoms with van der Waals surface area (Å²) in [6.07, 6.45) is 1.88. The van der Waals surface area contributed by atoms with E-state index in [0.717, 1.165) is 25.9 Å². The van der Waals surface area contributed by atoms with Gasteiger partial charge in [-0.2, -0.15) is 0 Å². The first kappa shape index (κ1) is 13.1. The molecule has 0 amide bonds. The first-order chi connectivity index (χ1) is 8.56. The maximum absolute atomic E-state index is 10.7. The minimum Gasteiger partial charge on any atom is -0.481 e. The summed E-state index contributed by atoms with van der Waals surface area (Å²) in [6.45, 7) is 3.99. The predicted octanol–water partition coefficient (Wildman–Crippen LogP) is 2.19. The van der Waals surface area contributed by atoms with Gasteiger partial charge in [0.2, 0.25) is 0 Å². The minimum atomic E-state index is -0.632. The number of carboxylic acid groups (broad SMARTS) is 1. The van der Waals surface area contributed by atoms with Crippen LogP contribution in [0.15, 0.2) is 24.3 Å². The molecule has 1 aliphatic carbocycles. The lowest BCUT2D eigenvalue weighted by molar-refractivity contribution is -0.138. The van der Waals surface area contributed by atoms with E-state index < -0.39 is 5.97 Å². The highest BCUT2D eigenvalue weighted by Crippen LogP contribution is 2.38. The van der Waals surface area contributed by atoms with Crippen LogP contribution >= 0.6 is 0 Å². The average molecular weight is 247 g/mol. The smallest absolute Gasteiger partial charge is 0.306 e. The summed E-state index contributed by atoms with van der Waals surface area (Å²) in [4.78, 5) is 13.0. The van der Waals surface area contributed by atoms with Crippen LogP contribution in [-0.4, -0.2) is 36.1 Å². The van der Waals surface area contributed by atoms with Gasteiger partial charge in [-0.25, -0.2) is 0 Å². The maximum atomic E-state index is 10.7. The number of rotatable bonds is 6. The van der Waals surface area contributed by atoms with E-state index in [1.807, 2.05) is 0 Å². The van der Waals surface area contributed by atoms with Crippen LogP contribution in [0.25, 0.3) is 0 Å². The van der Waals surface area contributed by atoms with E-state index in [9.17, 15) is 4.79 Å². The molecular formula is C15H21NO2. The van der Waals surface area contributed by atoms with Gasteiger partial charge in [0, 0.05) is 13.1 Å². The second-order valence-electron chi connectivity index (χ2n) is 5.44. The Morgan fingerprint density at radius 2 is 2.06 bits per heavy atom. The molecule has 0 bridgehead atoms. The third kappa shape index (κ3) is 3.57. The summed E-state index contributed by atoms with van der Waals surface area (Å²) >= 11 is 0. The molecule has 0 spiro atoms. The zero-order valence-corrected chi connectivity index (χ0v) is 11.1. The molecule has 1 fully saturated rings. The van der Waals surface area contributed by atoms with Crippen molar-refractivity contribution < 1.29 is 9.90 Å². The lowest BCUT2D eigenvalue weighted by Crippen LogP contribution is -2.24. The summed E-state index contributed by atoms with van der Waals surface area (Å²) < 4.78 is 0. The number of carboxylic acids is 1. The Morgan fingerprint density at radius 3 is 2.61 bits per heavy atom. The predicted molar refractivity (Wildman–Crippen MR) is 71.6 cm³/mol. The Balaban J connectivity index is 1.71. The molecule has 1 aromatic rings. The maximum Gasteiger partial charge on any atom is 0.306 e. The largest absolute Gasteiger partial charge is 0.481 e. The van der Waals surface area contributed by atoms with Crippen LogP contribution in [0.4, 0.5) is 0 Å². The van der Waals surface area contributed by atoms with Crippen molar-refractivity contribution in [2.24, 2.45) is 11.8 Å². The fourth-order valence-electron chi connectivity index (χ4n) is 2.32. The van der Waals surface area contributed by atoms with E-state index in [1.165, 1.54) is 11.1 Å². The van der Waals surface area contributed by atoms with E-state index in [-0.39, 0.29) is 5.92 Å². The molecule has 0 radical (unpaired) electrons. The van der Waals surface area contributed by atoms with Gasteiger partial charge in [-0.3, -0.25) is 4.79 Å². The van der Waals surface area contributed by atoms with Crippen molar-refractivity contribution in [3.05, 3.63) is 35.4 Å². The molecule has 0 aromatic heterocycles. The van der Waals surface area contributed by atoms with Crippen LogP contribution < -0.4 is 0 Å². The first-order valence-corrected chi connectivity index (χ1v) is 6.53. The average Bonchev–Trinajstić information content (AvgIpc) is 3.08. The molecule has 3 heteroatoms. The monoisotopic (exact) mass is 247 g/mol. The van der Waals surface area contributed by atoms with Crippen molar-refractivity contribution >= 4 is 5.97 Å². The van der Waals surface area contributed by atoms with Crippen LogP contribution in [0.3, 0.4) is 0 Å². The highest BCUT2D eigenvalue weighted by molar-refractivity contribution is 5.73. The van der Waals surface area contributed by atoms with Crippen molar-refractivity contribution in [2.75, 3.05) is 20.1 Å². The summed E-state index contributed by atoms with van der Waals surface area (Å²) in [7, 11) is 2.07. The zero-order chi connectivity index (χ0) is 13.1. The van der Waals surface area contributed by atoms with Crippen molar-refractivity contribution in [3.63, 3.8) is 0 Å². The second-order valence-corrected chi connectivity index (χ2v) is 5.44. The number of aliphatic carboxylic acids is 1. The van der Waals surface area contributed by atoms with Crippen molar-refractivity contribution in [3.8, 4) is 0 Å². The molecule has 2 atom stereocenters. The minimum absolute atomic E-state index is 0.0909. The molecular weight excluding hydrogens is 226 g/mol. The van der Waals surface area contributed by atoms with E-state index in [4.69, 9.17) is 5.11 Å². The SMILES string of the molecule is Cc1ccc(CCN(C)CC2CC2C(=O)O)cc1. The molecule has 0 heterocycles. The van der Waals surface area contributed by atoms with Crippen LogP contribution in [0.1, 0.15) is 17.5 Å². The number of hydrogen-bond acceptors (Lipinski definition) is 2. The van der Waals surface area contributed by atoms with Crippen molar-refractivity contribution in [1.82, 2.24) is 4.90 Å². The van der Waals surface area contributed by atoms with Crippen LogP contribution in [0.2, 0.25) is 0 Å². The zero-order valence-electron chi connectivity index (χ0n) is 11.1. The van der Waals surface area contributed by atoms with Gasteiger partial charge in [0.1, 0.15) is 0 Å². The highest BCUT2D eigenvalue weighted by atomic mass is 16.4. The third-order valence-electron chi connectivity index (χ3n) is 3.69. The molecule has 2 unspecified atom stereocenters. The van der Waals surface area contributed by atoms with E-state index >= 15 is 0 Å². The van der Waals surface area contributed by atoms with Gasteiger partial charge in [0.25, 0.3) is 0 Å². The summed E-state index contributed by atoms with van der Waals surface area (Å²) in [6, 6.07) is 8.61. The van der Waals surface area contributed by atoms with Gasteiger partial charge in [0.05, 0.1) is 5.92 Å². The quantitative estimate of drug-likeness (QED) is 0.837. The highest BCUT2D eigenvalue weighted by Gasteiger charge is 2.43. The first-order valence-electron chi connectivity index (χ1n) is 6.53. The lowest BCUT2D eigenvalue weighted by Gasteiger charge is -2.16. The number of aryl methyl sites for hydroxylation is 1. The number of carbonyl (C=O) groups is 1. The third-order valence-corrected chi connectivity index (χ3v) is 3.69. The topological polar surface area (TPSA) is 40.5 Å². The fraction of sp³-hybridized carbons (Fsp3) is 0.533. The molecule has 98 valence electrons. The molecule has 0 saturated heterocycles. The van der Waals surface area contributed by atoms with E-state index in [0.29, 0.717) is 5.92 Å². The molecule has 3 nitrogen and oxygen atoms in total. The summed E-state index contributed by atoms with van der Waals surface area (Å²) in [5.41, 5.74) is 2.63. The number of benzene rings is 1. The normalized spacial score (nSPS) is 22.2. The Bertz CT molecular complexity index is 413. The molecule has 1 aromatic carbocycles. The van der Waals surface area contributed by atoms with Gasteiger partial charge in [0.15, 0.2) is 0 Å². The molecule has 2 rings (SSSR count). The van der Waals surface area contributed by atoms with Gasteiger partial charge in [-0.15, -0.1) is 0 Å². The van der Waals surface area contributed by atoms with E-state index in [2.05, 4.69) is 43.1 Å². The number of nitrogens with zero attached hydrogens (tertiary/aromatic N) is 1. The summed E-state index contributed by atoms with van der Waals surface area (Å²) in [5, 5.41) is 8.85. The van der Waals surface area contributed by atoms with Crippen LogP contribution in [0, 0.1) is 18.8 Å². The Morgan fingerprint density at radius 1 is 1.39 bits per heavy atom. The van der Waals surface area contributed by atoms with Gasteiger partial charge < -0.3 is 10.0 Å². The Kier molecular flexibility index (Phi) is 4.02. The number of likely N-dealkylation sites (N-methyl/N-ethyl adjacent to an activating group) is 1. The van der Waals surface area contributed by atoms with Crippen LogP contribution in [-0.2, 0) is 11.2 Å². The van der Waals surface area contributed by atoms with Gasteiger partial charge in [-0.1, -0.05) is 29.8 Å². The van der Waals surface area contributed by atoms with Gasteiger partial charge >= 0.3 is 5.97 Å². The van der Waals surface area contributed by atoms with Gasteiger partial charge in [-0.05, 0) is 38.3 Å². The molecule has 18 heavy (non-hydrogen) atoms.